The van der Waals surface area contributed by atoms with Crippen LogP contribution in [0.2, 0.25) is 13.1 Å². The number of rotatable bonds is 3. The van der Waals surface area contributed by atoms with Gasteiger partial charge in [-0.25, -0.2) is 15.0 Å². The smallest absolute Gasteiger partial charge is 0.164 e. The van der Waals surface area contributed by atoms with Crippen molar-refractivity contribution in [1.29, 1.82) is 0 Å². The molecule has 0 radical (unpaired) electrons. The Morgan fingerprint density at radius 1 is 0.545 bits per heavy atom. The second-order valence-electron chi connectivity index (χ2n) is 12.0. The molecule has 0 saturated heterocycles. The molecular formula is C39H27N3OSi. The van der Waals surface area contributed by atoms with Crippen LogP contribution in [0, 0.1) is 0 Å². The molecule has 1 aliphatic rings. The summed E-state index contributed by atoms with van der Waals surface area (Å²) in [6.07, 6.45) is 0. The Bertz CT molecular complexity index is 2360. The van der Waals surface area contributed by atoms with Gasteiger partial charge in [0.05, 0.1) is 0 Å². The van der Waals surface area contributed by atoms with Gasteiger partial charge < -0.3 is 4.42 Å². The van der Waals surface area contributed by atoms with Gasteiger partial charge in [-0.3, -0.25) is 0 Å². The number of aromatic nitrogens is 3. The topological polar surface area (TPSA) is 51.8 Å². The van der Waals surface area contributed by atoms with E-state index in [9.17, 15) is 0 Å². The van der Waals surface area contributed by atoms with E-state index >= 15 is 0 Å². The zero-order valence-electron chi connectivity index (χ0n) is 24.4. The van der Waals surface area contributed by atoms with Crippen molar-refractivity contribution in [2.24, 2.45) is 0 Å². The van der Waals surface area contributed by atoms with Crippen molar-refractivity contribution < 1.29 is 4.42 Å². The number of hydrogen-bond donors (Lipinski definition) is 0. The van der Waals surface area contributed by atoms with Crippen LogP contribution in [0.1, 0.15) is 0 Å². The fourth-order valence-electron chi connectivity index (χ4n) is 7.05. The van der Waals surface area contributed by atoms with Crippen molar-refractivity contribution in [2.75, 3.05) is 0 Å². The summed E-state index contributed by atoms with van der Waals surface area (Å²) in [5.74, 6) is 1.96. The van der Waals surface area contributed by atoms with E-state index in [0.29, 0.717) is 17.5 Å². The van der Waals surface area contributed by atoms with Crippen LogP contribution in [0.4, 0.5) is 0 Å². The summed E-state index contributed by atoms with van der Waals surface area (Å²) >= 11 is 0. The molecule has 8 aromatic rings. The van der Waals surface area contributed by atoms with E-state index in [-0.39, 0.29) is 0 Å². The highest BCUT2D eigenvalue weighted by atomic mass is 28.3. The fraction of sp³-hybridized carbons (Fsp3) is 0.0513. The van der Waals surface area contributed by atoms with E-state index in [1.54, 1.807) is 0 Å². The lowest BCUT2D eigenvalue weighted by Crippen LogP contribution is -2.49. The Labute approximate surface area is 255 Å². The summed E-state index contributed by atoms with van der Waals surface area (Å²) in [6, 6.07) is 44.3. The van der Waals surface area contributed by atoms with E-state index in [0.717, 1.165) is 38.6 Å². The molecule has 0 atom stereocenters. The SMILES string of the molecule is C[Si]1(C)c2cc(-c3nc(-c4ccccc4)nc(-c4ccccc4)n3)c3c(oc4ccccc43)c2-c2ccc3ccccc3c21. The number of nitrogens with zero attached hydrogens (tertiary/aromatic N) is 3. The third-order valence-corrected chi connectivity index (χ3v) is 12.6. The number of furan rings is 1. The average Bonchev–Trinajstić information content (AvgIpc) is 3.57. The molecule has 0 spiro atoms. The first-order valence-corrected chi connectivity index (χ1v) is 18.0. The number of benzene rings is 6. The van der Waals surface area contributed by atoms with Gasteiger partial charge in [-0.15, -0.1) is 0 Å². The van der Waals surface area contributed by atoms with Crippen LogP contribution in [0.3, 0.4) is 0 Å². The van der Waals surface area contributed by atoms with Gasteiger partial charge >= 0.3 is 0 Å². The van der Waals surface area contributed by atoms with E-state index in [1.807, 2.05) is 42.5 Å². The van der Waals surface area contributed by atoms with E-state index < -0.39 is 8.07 Å². The van der Waals surface area contributed by atoms with E-state index in [4.69, 9.17) is 19.4 Å². The Morgan fingerprint density at radius 3 is 1.84 bits per heavy atom. The number of hydrogen-bond acceptors (Lipinski definition) is 4. The molecule has 0 aliphatic carbocycles. The van der Waals surface area contributed by atoms with Crippen molar-refractivity contribution in [1.82, 2.24) is 15.0 Å². The monoisotopic (exact) mass is 581 g/mol. The minimum Gasteiger partial charge on any atom is -0.455 e. The van der Waals surface area contributed by atoms with Gasteiger partial charge in [0.2, 0.25) is 0 Å². The Hall–Kier alpha value is -5.39. The van der Waals surface area contributed by atoms with Crippen LogP contribution in [0.25, 0.3) is 78.0 Å². The van der Waals surface area contributed by atoms with Crippen LogP contribution < -0.4 is 10.4 Å². The molecule has 0 bridgehead atoms. The third-order valence-electron chi connectivity index (χ3n) is 9.09. The maximum Gasteiger partial charge on any atom is 0.164 e. The fourth-order valence-corrected chi connectivity index (χ4v) is 10.5. The lowest BCUT2D eigenvalue weighted by atomic mass is 9.96. The average molecular weight is 582 g/mol. The molecule has 44 heavy (non-hydrogen) atoms. The molecule has 0 N–H and O–H groups in total. The first kappa shape index (κ1) is 25.1. The van der Waals surface area contributed by atoms with E-state index in [1.165, 1.54) is 32.3 Å². The molecular weight excluding hydrogens is 555 g/mol. The quantitative estimate of drug-likeness (QED) is 0.196. The van der Waals surface area contributed by atoms with Crippen molar-refractivity contribution >= 4 is 51.2 Å². The minimum atomic E-state index is -2.16. The summed E-state index contributed by atoms with van der Waals surface area (Å²) in [6.45, 7) is 4.92. The predicted molar refractivity (Wildman–Crippen MR) is 183 cm³/mol. The number of fused-ring (bicyclic) bond motifs is 9. The zero-order valence-corrected chi connectivity index (χ0v) is 25.4. The van der Waals surface area contributed by atoms with Gasteiger partial charge in [0, 0.05) is 33.0 Å². The molecule has 4 nitrogen and oxygen atoms in total. The highest BCUT2D eigenvalue weighted by molar-refractivity contribution is 7.05. The zero-order chi connectivity index (χ0) is 29.4. The molecule has 6 aromatic carbocycles. The van der Waals surface area contributed by atoms with Gasteiger partial charge in [-0.05, 0) is 38.8 Å². The Balaban J connectivity index is 1.41. The largest absolute Gasteiger partial charge is 0.455 e. The lowest BCUT2D eigenvalue weighted by Gasteiger charge is -2.21. The first-order valence-electron chi connectivity index (χ1n) is 15.0. The van der Waals surface area contributed by atoms with Gasteiger partial charge in [-0.2, -0.15) is 0 Å². The molecule has 1 aliphatic heterocycles. The third kappa shape index (κ3) is 3.60. The molecule has 0 fully saturated rings. The van der Waals surface area contributed by atoms with E-state index in [2.05, 4.69) is 98.0 Å². The van der Waals surface area contributed by atoms with Crippen LogP contribution >= 0.6 is 0 Å². The van der Waals surface area contributed by atoms with Crippen LogP contribution in [0.5, 0.6) is 0 Å². The summed E-state index contributed by atoms with van der Waals surface area (Å²) in [4.78, 5) is 15.3. The molecule has 3 heterocycles. The summed E-state index contributed by atoms with van der Waals surface area (Å²) < 4.78 is 6.80. The van der Waals surface area contributed by atoms with Gasteiger partial charge in [0.25, 0.3) is 0 Å². The van der Waals surface area contributed by atoms with Gasteiger partial charge in [0.15, 0.2) is 17.5 Å². The molecule has 0 saturated carbocycles. The van der Waals surface area contributed by atoms with Crippen molar-refractivity contribution in [3.8, 4) is 45.3 Å². The second-order valence-corrected chi connectivity index (χ2v) is 16.3. The molecule has 2 aromatic heterocycles. The maximum atomic E-state index is 6.80. The molecule has 5 heteroatoms. The summed E-state index contributed by atoms with van der Waals surface area (Å²) in [7, 11) is -2.16. The highest BCUT2D eigenvalue weighted by Crippen LogP contribution is 2.44. The predicted octanol–water partition coefficient (Wildman–Crippen LogP) is 8.73. The summed E-state index contributed by atoms with van der Waals surface area (Å²) in [5.41, 5.74) is 7.18. The van der Waals surface area contributed by atoms with Crippen LogP contribution in [0.15, 0.2) is 132 Å². The second kappa shape index (κ2) is 9.30. The first-order chi connectivity index (χ1) is 21.6. The van der Waals surface area contributed by atoms with Gasteiger partial charge in [0.1, 0.15) is 19.2 Å². The highest BCUT2D eigenvalue weighted by Gasteiger charge is 2.42. The van der Waals surface area contributed by atoms with Crippen molar-refractivity contribution in [3.63, 3.8) is 0 Å². The molecule has 0 amide bonds. The van der Waals surface area contributed by atoms with Crippen LogP contribution in [-0.4, -0.2) is 23.0 Å². The normalized spacial score (nSPS) is 13.4. The maximum absolute atomic E-state index is 6.80. The summed E-state index contributed by atoms with van der Waals surface area (Å²) in [5, 5.41) is 7.55. The van der Waals surface area contributed by atoms with Crippen LogP contribution in [-0.2, 0) is 0 Å². The Morgan fingerprint density at radius 2 is 1.14 bits per heavy atom. The molecule has 0 unspecified atom stereocenters. The minimum absolute atomic E-state index is 0.654. The molecule has 208 valence electrons. The standard InChI is InChI=1S/C39H27N3OSi/c1-44(2)32-23-30(39-41-37(25-14-5-3-6-15-25)40-38(42-39)26-16-7-4-8-17-26)33-28-19-11-12-20-31(28)43-35(33)34(32)29-22-21-24-13-9-10-18-27(24)36(29)44/h3-23H,1-2H3. The lowest BCUT2D eigenvalue weighted by molar-refractivity contribution is 0.670. The van der Waals surface area contributed by atoms with Gasteiger partial charge in [-0.1, -0.05) is 128 Å². The van der Waals surface area contributed by atoms with Crippen molar-refractivity contribution in [3.05, 3.63) is 127 Å². The molecule has 9 rings (SSSR count). The Kier molecular flexibility index (Phi) is 5.31. The number of para-hydroxylation sites is 1. The van der Waals surface area contributed by atoms with Crippen molar-refractivity contribution in [2.45, 2.75) is 13.1 Å².